The Labute approximate surface area is 135 Å². The molecule has 0 saturated carbocycles. The van der Waals surface area contributed by atoms with Crippen LogP contribution in [0.1, 0.15) is 21.0 Å². The van der Waals surface area contributed by atoms with Gasteiger partial charge in [0.15, 0.2) is 5.82 Å². The van der Waals surface area contributed by atoms with Crippen LogP contribution >= 0.6 is 0 Å². The molecule has 0 aliphatic carbocycles. The Balaban J connectivity index is 1.70. The van der Waals surface area contributed by atoms with Crippen LogP contribution in [0.25, 0.3) is 21.9 Å². The SMILES string of the molecule is NC(=O)c1nc2c(C(=O)Nc3ccc4[nH]ncc4c3)cccc2[nH]1. The molecule has 118 valence electrons. The Hall–Kier alpha value is -3.68. The number of hydrogen-bond donors (Lipinski definition) is 4. The fourth-order valence-electron chi connectivity index (χ4n) is 2.55. The number of aromatic amines is 2. The molecule has 2 aromatic carbocycles. The van der Waals surface area contributed by atoms with E-state index in [0.29, 0.717) is 22.3 Å². The van der Waals surface area contributed by atoms with E-state index in [0.717, 1.165) is 10.9 Å². The molecule has 0 fully saturated rings. The first kappa shape index (κ1) is 13.9. The first-order chi connectivity index (χ1) is 11.6. The molecule has 2 heterocycles. The second kappa shape index (κ2) is 5.20. The molecule has 8 heteroatoms. The number of rotatable bonds is 3. The van der Waals surface area contributed by atoms with Gasteiger partial charge >= 0.3 is 0 Å². The van der Waals surface area contributed by atoms with E-state index in [1.165, 1.54) is 0 Å². The molecule has 0 saturated heterocycles. The number of primary amides is 1. The second-order valence-corrected chi connectivity index (χ2v) is 5.28. The van der Waals surface area contributed by atoms with Crippen molar-refractivity contribution >= 4 is 39.4 Å². The molecule has 2 amide bonds. The van der Waals surface area contributed by atoms with Crippen LogP contribution in [-0.4, -0.2) is 32.0 Å². The number of benzene rings is 2. The summed E-state index contributed by atoms with van der Waals surface area (Å²) in [5.41, 5.74) is 8.06. The highest BCUT2D eigenvalue weighted by Crippen LogP contribution is 2.20. The third-order valence-corrected chi connectivity index (χ3v) is 3.69. The highest BCUT2D eigenvalue weighted by molar-refractivity contribution is 6.12. The van der Waals surface area contributed by atoms with Gasteiger partial charge in [-0.2, -0.15) is 5.10 Å². The Morgan fingerprint density at radius 1 is 1.12 bits per heavy atom. The van der Waals surface area contributed by atoms with E-state index in [1.807, 2.05) is 12.1 Å². The van der Waals surface area contributed by atoms with Crippen LogP contribution in [0.5, 0.6) is 0 Å². The van der Waals surface area contributed by atoms with Crippen LogP contribution < -0.4 is 11.1 Å². The number of fused-ring (bicyclic) bond motifs is 2. The smallest absolute Gasteiger partial charge is 0.284 e. The molecule has 0 aliphatic rings. The summed E-state index contributed by atoms with van der Waals surface area (Å²) in [5, 5.41) is 10.5. The molecular formula is C16H12N6O2. The number of amides is 2. The molecule has 0 bridgehead atoms. The number of carbonyl (C=O) groups is 2. The van der Waals surface area contributed by atoms with Crippen LogP contribution in [0.3, 0.4) is 0 Å². The Morgan fingerprint density at radius 2 is 2.00 bits per heavy atom. The first-order valence-electron chi connectivity index (χ1n) is 7.15. The molecule has 8 nitrogen and oxygen atoms in total. The number of imidazole rings is 1. The van der Waals surface area contributed by atoms with Gasteiger partial charge in [-0.25, -0.2) is 4.98 Å². The minimum atomic E-state index is -0.678. The zero-order valence-electron chi connectivity index (χ0n) is 12.3. The maximum atomic E-state index is 12.6. The van der Waals surface area contributed by atoms with Crippen molar-refractivity contribution < 1.29 is 9.59 Å². The van der Waals surface area contributed by atoms with E-state index < -0.39 is 5.91 Å². The number of carbonyl (C=O) groups excluding carboxylic acids is 2. The third kappa shape index (κ3) is 2.26. The van der Waals surface area contributed by atoms with E-state index >= 15 is 0 Å². The number of H-pyrrole nitrogens is 2. The topological polar surface area (TPSA) is 130 Å². The molecule has 0 spiro atoms. The van der Waals surface area contributed by atoms with Gasteiger partial charge in [-0.1, -0.05) is 6.07 Å². The summed E-state index contributed by atoms with van der Waals surface area (Å²) in [6, 6.07) is 10.5. The summed E-state index contributed by atoms with van der Waals surface area (Å²) in [6.45, 7) is 0. The maximum absolute atomic E-state index is 12.6. The van der Waals surface area contributed by atoms with Gasteiger partial charge in [-0.3, -0.25) is 14.7 Å². The molecule has 24 heavy (non-hydrogen) atoms. The summed E-state index contributed by atoms with van der Waals surface area (Å²) < 4.78 is 0. The molecule has 2 aromatic heterocycles. The summed E-state index contributed by atoms with van der Waals surface area (Å²) in [4.78, 5) is 30.7. The Kier molecular flexibility index (Phi) is 3.02. The molecular weight excluding hydrogens is 308 g/mol. The number of anilines is 1. The Morgan fingerprint density at radius 3 is 2.83 bits per heavy atom. The number of para-hydroxylation sites is 1. The van der Waals surface area contributed by atoms with Crippen LogP contribution in [0.15, 0.2) is 42.6 Å². The van der Waals surface area contributed by atoms with Crippen LogP contribution in [0.4, 0.5) is 5.69 Å². The van der Waals surface area contributed by atoms with Crippen molar-refractivity contribution in [2.45, 2.75) is 0 Å². The third-order valence-electron chi connectivity index (χ3n) is 3.69. The van der Waals surface area contributed by atoms with Gasteiger partial charge in [0, 0.05) is 11.1 Å². The van der Waals surface area contributed by atoms with E-state index in [4.69, 9.17) is 5.73 Å². The number of nitrogens with zero attached hydrogens (tertiary/aromatic N) is 2. The fraction of sp³-hybridized carbons (Fsp3) is 0. The van der Waals surface area contributed by atoms with E-state index in [2.05, 4.69) is 25.5 Å². The lowest BCUT2D eigenvalue weighted by molar-refractivity contribution is 0.0989. The summed E-state index contributed by atoms with van der Waals surface area (Å²) >= 11 is 0. The number of aromatic nitrogens is 4. The summed E-state index contributed by atoms with van der Waals surface area (Å²) in [6.07, 6.45) is 1.68. The van der Waals surface area contributed by atoms with E-state index in [-0.39, 0.29) is 11.7 Å². The second-order valence-electron chi connectivity index (χ2n) is 5.28. The number of nitrogens with two attached hydrogens (primary N) is 1. The highest BCUT2D eigenvalue weighted by atomic mass is 16.2. The molecule has 0 radical (unpaired) electrons. The van der Waals surface area contributed by atoms with Gasteiger partial charge in [-0.15, -0.1) is 0 Å². The lowest BCUT2D eigenvalue weighted by atomic mass is 10.1. The Bertz CT molecular complexity index is 1090. The van der Waals surface area contributed by atoms with E-state index in [1.54, 1.807) is 30.5 Å². The number of hydrogen-bond acceptors (Lipinski definition) is 4. The van der Waals surface area contributed by atoms with Gasteiger partial charge in [-0.05, 0) is 30.3 Å². The van der Waals surface area contributed by atoms with Crippen molar-refractivity contribution in [3.05, 3.63) is 54.0 Å². The average molecular weight is 320 g/mol. The fourth-order valence-corrected chi connectivity index (χ4v) is 2.55. The molecule has 5 N–H and O–H groups in total. The average Bonchev–Trinajstić information content (AvgIpc) is 3.20. The highest BCUT2D eigenvalue weighted by Gasteiger charge is 2.15. The zero-order chi connectivity index (χ0) is 16.7. The van der Waals surface area contributed by atoms with Crippen molar-refractivity contribution in [1.29, 1.82) is 0 Å². The monoisotopic (exact) mass is 320 g/mol. The molecule has 0 unspecified atom stereocenters. The van der Waals surface area contributed by atoms with E-state index in [9.17, 15) is 9.59 Å². The van der Waals surface area contributed by atoms with Crippen LogP contribution in [0.2, 0.25) is 0 Å². The molecule has 4 aromatic rings. The first-order valence-corrected chi connectivity index (χ1v) is 7.15. The predicted octanol–water partition coefficient (Wildman–Crippen LogP) is 1.79. The van der Waals surface area contributed by atoms with Gasteiger partial charge in [0.1, 0.15) is 5.52 Å². The molecule has 4 rings (SSSR count). The van der Waals surface area contributed by atoms with Gasteiger partial charge in [0.05, 0.1) is 22.8 Å². The number of nitrogens with one attached hydrogen (secondary N) is 3. The van der Waals surface area contributed by atoms with Gasteiger partial charge in [0.2, 0.25) is 0 Å². The molecule has 0 atom stereocenters. The zero-order valence-corrected chi connectivity index (χ0v) is 12.3. The lowest BCUT2D eigenvalue weighted by Crippen LogP contribution is -2.13. The van der Waals surface area contributed by atoms with Crippen molar-refractivity contribution in [2.75, 3.05) is 5.32 Å². The maximum Gasteiger partial charge on any atom is 0.284 e. The minimum absolute atomic E-state index is 0.0186. The van der Waals surface area contributed by atoms with Crippen molar-refractivity contribution in [3.8, 4) is 0 Å². The largest absolute Gasteiger partial charge is 0.363 e. The predicted molar refractivity (Wildman–Crippen MR) is 88.7 cm³/mol. The minimum Gasteiger partial charge on any atom is -0.363 e. The molecule has 0 aliphatic heterocycles. The van der Waals surface area contributed by atoms with Gasteiger partial charge in [0.25, 0.3) is 11.8 Å². The quantitative estimate of drug-likeness (QED) is 0.458. The normalized spacial score (nSPS) is 11.0. The summed E-state index contributed by atoms with van der Waals surface area (Å²) in [5.74, 6) is -0.987. The van der Waals surface area contributed by atoms with Crippen molar-refractivity contribution in [3.63, 3.8) is 0 Å². The summed E-state index contributed by atoms with van der Waals surface area (Å²) in [7, 11) is 0. The van der Waals surface area contributed by atoms with Gasteiger partial charge < -0.3 is 16.0 Å². The standard InChI is InChI=1S/C16H12N6O2/c17-14(23)15-20-12-3-1-2-10(13(12)21-15)16(24)19-9-4-5-11-8(6-9)7-18-22-11/h1-7H,(H2,17,23)(H,18,22)(H,19,24)(H,20,21). The van der Waals surface area contributed by atoms with Crippen LogP contribution in [0, 0.1) is 0 Å². The van der Waals surface area contributed by atoms with Crippen molar-refractivity contribution in [2.24, 2.45) is 5.73 Å². The van der Waals surface area contributed by atoms with Crippen molar-refractivity contribution in [1.82, 2.24) is 20.2 Å². The lowest BCUT2D eigenvalue weighted by Gasteiger charge is -2.06. The van der Waals surface area contributed by atoms with Crippen LogP contribution in [-0.2, 0) is 0 Å².